The first-order valence-electron chi connectivity index (χ1n) is 8.14. The Labute approximate surface area is 144 Å². The first-order chi connectivity index (χ1) is 12.0. The lowest BCUT2D eigenvalue weighted by atomic mass is 10.1. The number of carboxylic acids is 1. The number of hydrogen-bond acceptors (Lipinski definition) is 4. The van der Waals surface area contributed by atoms with Crippen LogP contribution in [0.3, 0.4) is 0 Å². The summed E-state index contributed by atoms with van der Waals surface area (Å²) in [5.41, 5.74) is 0. The van der Waals surface area contributed by atoms with Crippen molar-refractivity contribution in [3.05, 3.63) is 29.8 Å². The minimum atomic E-state index is -1.07. The summed E-state index contributed by atoms with van der Waals surface area (Å²) in [4.78, 5) is 24.7. The molecule has 0 aromatic heterocycles. The molecule has 0 spiro atoms. The van der Waals surface area contributed by atoms with Gasteiger partial charge in [-0.2, -0.15) is 0 Å². The Balaban J connectivity index is 1.82. The molecular formula is C17H21F2NO5. The summed E-state index contributed by atoms with van der Waals surface area (Å²) in [6.45, 7) is 0.724. The molecule has 0 atom stereocenters. The van der Waals surface area contributed by atoms with Crippen molar-refractivity contribution in [2.75, 3.05) is 26.4 Å². The molecule has 25 heavy (non-hydrogen) atoms. The number of carbonyl (C=O) groups excluding carboxylic acids is 1. The molecule has 0 saturated carbocycles. The summed E-state index contributed by atoms with van der Waals surface area (Å²) < 4.78 is 36.7. The number of carboxylic acid groups (broad SMARTS) is 1. The molecule has 138 valence electrons. The smallest absolute Gasteiger partial charge is 0.323 e. The Morgan fingerprint density at radius 1 is 1.28 bits per heavy atom. The fraction of sp³-hybridized carbons (Fsp3) is 0.529. The van der Waals surface area contributed by atoms with E-state index < -0.39 is 17.6 Å². The van der Waals surface area contributed by atoms with Gasteiger partial charge < -0.3 is 19.5 Å². The standard InChI is InChI=1S/C17H21F2NO5/c18-12-3-4-15(14(19)10-12)25-7-1-2-16(21)20(11-17(22)23)13-5-8-24-9-6-13/h3-4,10,13H,1-2,5-9,11H2,(H,22,23). The second kappa shape index (κ2) is 9.31. The van der Waals surface area contributed by atoms with Gasteiger partial charge in [0.2, 0.25) is 5.91 Å². The number of nitrogens with zero attached hydrogens (tertiary/aromatic N) is 1. The van der Waals surface area contributed by atoms with E-state index in [-0.39, 0.29) is 37.3 Å². The highest BCUT2D eigenvalue weighted by atomic mass is 19.1. The van der Waals surface area contributed by atoms with Gasteiger partial charge >= 0.3 is 5.97 Å². The Morgan fingerprint density at radius 3 is 2.64 bits per heavy atom. The van der Waals surface area contributed by atoms with E-state index in [2.05, 4.69) is 0 Å². The maximum atomic E-state index is 13.4. The number of rotatable bonds is 8. The summed E-state index contributed by atoms with van der Waals surface area (Å²) in [7, 11) is 0. The number of aliphatic carboxylic acids is 1. The van der Waals surface area contributed by atoms with E-state index in [1.807, 2.05) is 0 Å². The van der Waals surface area contributed by atoms with Crippen LogP contribution in [0.15, 0.2) is 18.2 Å². The van der Waals surface area contributed by atoms with Crippen molar-refractivity contribution in [1.29, 1.82) is 0 Å². The van der Waals surface area contributed by atoms with Gasteiger partial charge in [-0.25, -0.2) is 8.78 Å². The van der Waals surface area contributed by atoms with E-state index in [1.165, 1.54) is 11.0 Å². The zero-order valence-electron chi connectivity index (χ0n) is 13.7. The molecule has 1 aromatic rings. The summed E-state index contributed by atoms with van der Waals surface area (Å²) in [6.07, 6.45) is 1.61. The molecule has 0 bridgehead atoms. The van der Waals surface area contributed by atoms with Crippen molar-refractivity contribution in [3.63, 3.8) is 0 Å². The third-order valence-corrected chi connectivity index (χ3v) is 3.94. The molecule has 1 aliphatic heterocycles. The predicted octanol–water partition coefficient (Wildman–Crippen LogP) is 2.22. The van der Waals surface area contributed by atoms with Crippen molar-refractivity contribution in [3.8, 4) is 5.75 Å². The lowest BCUT2D eigenvalue weighted by Gasteiger charge is -2.33. The second-order valence-electron chi connectivity index (χ2n) is 5.79. The van der Waals surface area contributed by atoms with Gasteiger partial charge in [-0.05, 0) is 31.4 Å². The van der Waals surface area contributed by atoms with Crippen molar-refractivity contribution in [2.24, 2.45) is 0 Å². The van der Waals surface area contributed by atoms with Crippen molar-refractivity contribution in [2.45, 2.75) is 31.7 Å². The summed E-state index contributed by atoms with van der Waals surface area (Å²) in [5, 5.41) is 9.01. The molecule has 2 rings (SSSR count). The van der Waals surface area contributed by atoms with E-state index >= 15 is 0 Å². The van der Waals surface area contributed by atoms with Gasteiger partial charge in [0, 0.05) is 31.7 Å². The first-order valence-corrected chi connectivity index (χ1v) is 8.14. The average molecular weight is 357 g/mol. The summed E-state index contributed by atoms with van der Waals surface area (Å²) in [6, 6.07) is 2.85. The van der Waals surface area contributed by atoms with E-state index in [0.29, 0.717) is 32.5 Å². The molecular weight excluding hydrogens is 336 g/mol. The second-order valence-corrected chi connectivity index (χ2v) is 5.79. The highest BCUT2D eigenvalue weighted by Crippen LogP contribution is 2.19. The number of amides is 1. The lowest BCUT2D eigenvalue weighted by Crippen LogP contribution is -2.46. The minimum Gasteiger partial charge on any atom is -0.491 e. The topological polar surface area (TPSA) is 76.1 Å². The molecule has 0 aliphatic carbocycles. The molecule has 0 radical (unpaired) electrons. The fourth-order valence-electron chi connectivity index (χ4n) is 2.70. The van der Waals surface area contributed by atoms with E-state index in [1.54, 1.807) is 0 Å². The SMILES string of the molecule is O=C(O)CN(C(=O)CCCOc1ccc(F)cc1F)C1CCOCC1. The number of ether oxygens (including phenoxy) is 2. The zero-order chi connectivity index (χ0) is 18.2. The van der Waals surface area contributed by atoms with Gasteiger partial charge in [-0.15, -0.1) is 0 Å². The molecule has 1 aliphatic rings. The van der Waals surface area contributed by atoms with Crippen LogP contribution in [0.25, 0.3) is 0 Å². The van der Waals surface area contributed by atoms with Crippen LogP contribution in [0.2, 0.25) is 0 Å². The Bertz CT molecular complexity index is 605. The van der Waals surface area contributed by atoms with Crippen LogP contribution in [0.4, 0.5) is 8.78 Å². The molecule has 1 fully saturated rings. The lowest BCUT2D eigenvalue weighted by molar-refractivity contribution is -0.147. The van der Waals surface area contributed by atoms with Gasteiger partial charge in [0.15, 0.2) is 11.6 Å². The van der Waals surface area contributed by atoms with Gasteiger partial charge in [-0.1, -0.05) is 0 Å². The first kappa shape index (κ1) is 19.1. The summed E-state index contributed by atoms with van der Waals surface area (Å²) >= 11 is 0. The van der Waals surface area contributed by atoms with Crippen molar-refractivity contribution >= 4 is 11.9 Å². The van der Waals surface area contributed by atoms with E-state index in [4.69, 9.17) is 14.6 Å². The van der Waals surface area contributed by atoms with Crippen LogP contribution in [-0.4, -0.2) is 54.3 Å². The van der Waals surface area contributed by atoms with Crippen LogP contribution >= 0.6 is 0 Å². The Hall–Kier alpha value is -2.22. The quantitative estimate of drug-likeness (QED) is 0.722. The average Bonchev–Trinajstić information content (AvgIpc) is 2.58. The maximum Gasteiger partial charge on any atom is 0.323 e. The van der Waals surface area contributed by atoms with Crippen LogP contribution < -0.4 is 4.74 Å². The molecule has 1 heterocycles. The minimum absolute atomic E-state index is 0.0724. The summed E-state index contributed by atoms with van der Waals surface area (Å²) in [5.74, 6) is -2.93. The largest absolute Gasteiger partial charge is 0.491 e. The Kier molecular flexibility index (Phi) is 7.12. The number of halogens is 2. The van der Waals surface area contributed by atoms with Gasteiger partial charge in [0.25, 0.3) is 0 Å². The van der Waals surface area contributed by atoms with Gasteiger partial charge in [0.1, 0.15) is 12.4 Å². The van der Waals surface area contributed by atoms with Crippen LogP contribution in [-0.2, 0) is 14.3 Å². The maximum absolute atomic E-state index is 13.4. The monoisotopic (exact) mass is 357 g/mol. The number of benzene rings is 1. The zero-order valence-corrected chi connectivity index (χ0v) is 13.7. The molecule has 1 amide bonds. The third kappa shape index (κ3) is 5.97. The fourth-order valence-corrected chi connectivity index (χ4v) is 2.70. The number of hydrogen-bond donors (Lipinski definition) is 1. The van der Waals surface area contributed by atoms with Crippen LogP contribution in [0, 0.1) is 11.6 Å². The van der Waals surface area contributed by atoms with Gasteiger partial charge in [-0.3, -0.25) is 9.59 Å². The van der Waals surface area contributed by atoms with Crippen LogP contribution in [0.1, 0.15) is 25.7 Å². The van der Waals surface area contributed by atoms with Crippen LogP contribution in [0.5, 0.6) is 5.75 Å². The molecule has 6 nitrogen and oxygen atoms in total. The molecule has 1 N–H and O–H groups in total. The van der Waals surface area contributed by atoms with Crippen molar-refractivity contribution < 1.29 is 33.0 Å². The molecule has 1 aromatic carbocycles. The number of carbonyl (C=O) groups is 2. The Morgan fingerprint density at radius 2 is 2.00 bits per heavy atom. The predicted molar refractivity (Wildman–Crippen MR) is 84.3 cm³/mol. The van der Waals surface area contributed by atoms with E-state index in [0.717, 1.165) is 12.1 Å². The molecule has 1 saturated heterocycles. The highest BCUT2D eigenvalue weighted by Gasteiger charge is 2.27. The molecule has 8 heteroatoms. The van der Waals surface area contributed by atoms with E-state index in [9.17, 15) is 18.4 Å². The highest BCUT2D eigenvalue weighted by molar-refractivity contribution is 5.81. The third-order valence-electron chi connectivity index (χ3n) is 3.94. The van der Waals surface area contributed by atoms with Crippen molar-refractivity contribution in [1.82, 2.24) is 4.90 Å². The normalized spacial score (nSPS) is 15.0. The molecule has 0 unspecified atom stereocenters. The van der Waals surface area contributed by atoms with Gasteiger partial charge in [0.05, 0.1) is 6.61 Å².